The largest absolute Gasteiger partial charge is 0.573 e. The summed E-state index contributed by atoms with van der Waals surface area (Å²) in [6.45, 7) is -0.549. The minimum Gasteiger partial charge on any atom is -0.406 e. The maximum absolute atomic E-state index is 12.4. The molecule has 33 heavy (non-hydrogen) atoms. The standard InChI is InChI=1S/C20H18F3N5O4S/c1-28-15-5-2-10(17(31)24-8-11(30)9-29)6-14(15)25-18(28)27-19-26-13-4-3-12(7-16(13)33-19)32-20(21,22)23/h2-7,11,29-30H,8-9H2,1H3,(H,24,31)(H,25,26,27). The number of hydrogen-bond donors (Lipinski definition) is 4. The van der Waals surface area contributed by atoms with Gasteiger partial charge in [0, 0.05) is 25.2 Å². The third-order valence-corrected chi connectivity index (χ3v) is 5.60. The number of nitrogens with zero attached hydrogens (tertiary/aromatic N) is 3. The lowest BCUT2D eigenvalue weighted by atomic mass is 10.2. The quantitative estimate of drug-likeness (QED) is 0.320. The lowest BCUT2D eigenvalue weighted by molar-refractivity contribution is -0.274. The molecule has 0 bridgehead atoms. The summed E-state index contributed by atoms with van der Waals surface area (Å²) in [5.41, 5.74) is 2.08. The maximum atomic E-state index is 12.4. The number of carbonyl (C=O) groups excluding carboxylic acids is 1. The molecule has 2 aromatic carbocycles. The predicted molar refractivity (Wildman–Crippen MR) is 116 cm³/mol. The van der Waals surface area contributed by atoms with Crippen LogP contribution in [0.2, 0.25) is 0 Å². The van der Waals surface area contributed by atoms with Crippen molar-refractivity contribution in [2.75, 3.05) is 18.5 Å². The molecule has 0 saturated carbocycles. The van der Waals surface area contributed by atoms with Crippen LogP contribution >= 0.6 is 11.3 Å². The van der Waals surface area contributed by atoms with E-state index in [9.17, 15) is 23.1 Å². The number of thiazole rings is 1. The molecule has 2 aromatic heterocycles. The van der Waals surface area contributed by atoms with E-state index in [1.54, 1.807) is 29.8 Å². The summed E-state index contributed by atoms with van der Waals surface area (Å²) in [5.74, 6) is -0.332. The van der Waals surface area contributed by atoms with Gasteiger partial charge in [0.15, 0.2) is 5.13 Å². The van der Waals surface area contributed by atoms with Crippen LogP contribution in [-0.4, -0.2) is 56.3 Å². The first-order valence-corrected chi connectivity index (χ1v) is 10.4. The first-order chi connectivity index (χ1) is 15.6. The van der Waals surface area contributed by atoms with Gasteiger partial charge in [-0.3, -0.25) is 4.79 Å². The van der Waals surface area contributed by atoms with Crippen molar-refractivity contribution in [3.63, 3.8) is 0 Å². The third-order valence-electron chi connectivity index (χ3n) is 4.66. The van der Waals surface area contributed by atoms with Gasteiger partial charge in [-0.15, -0.1) is 13.2 Å². The van der Waals surface area contributed by atoms with Crippen LogP contribution in [0.15, 0.2) is 36.4 Å². The number of aliphatic hydroxyl groups is 2. The average Bonchev–Trinajstić information content (AvgIpc) is 3.30. The number of alkyl halides is 3. The Morgan fingerprint density at radius 2 is 2.00 bits per heavy atom. The molecule has 0 spiro atoms. The first-order valence-electron chi connectivity index (χ1n) is 9.60. The number of carbonyl (C=O) groups is 1. The number of hydrogen-bond acceptors (Lipinski definition) is 8. The second-order valence-corrected chi connectivity index (χ2v) is 8.10. The van der Waals surface area contributed by atoms with Gasteiger partial charge in [-0.25, -0.2) is 9.97 Å². The van der Waals surface area contributed by atoms with E-state index in [4.69, 9.17) is 5.11 Å². The van der Waals surface area contributed by atoms with Crippen molar-refractivity contribution in [2.45, 2.75) is 12.5 Å². The van der Waals surface area contributed by atoms with Gasteiger partial charge in [0.1, 0.15) is 5.75 Å². The fraction of sp³-hybridized carbons (Fsp3) is 0.250. The van der Waals surface area contributed by atoms with E-state index in [0.29, 0.717) is 32.4 Å². The van der Waals surface area contributed by atoms with Crippen LogP contribution in [0.4, 0.5) is 24.3 Å². The molecular weight excluding hydrogens is 463 g/mol. The highest BCUT2D eigenvalue weighted by Crippen LogP contribution is 2.33. The summed E-state index contributed by atoms with van der Waals surface area (Å²) in [5, 5.41) is 24.2. The van der Waals surface area contributed by atoms with Crippen molar-refractivity contribution in [3.8, 4) is 5.75 Å². The summed E-state index contributed by atoms with van der Waals surface area (Å²) in [6.07, 6.45) is -5.82. The van der Waals surface area contributed by atoms with Gasteiger partial charge >= 0.3 is 6.36 Å². The molecule has 0 fully saturated rings. The topological polar surface area (TPSA) is 122 Å². The van der Waals surface area contributed by atoms with Crippen molar-refractivity contribution in [2.24, 2.45) is 7.05 Å². The SMILES string of the molecule is Cn1c(Nc2nc3ccc(OC(F)(F)F)cc3s2)nc2cc(C(=O)NCC(O)CO)ccc21. The number of benzene rings is 2. The Hall–Kier alpha value is -3.42. The lowest BCUT2D eigenvalue weighted by Gasteiger charge is -2.08. The molecule has 0 aliphatic heterocycles. The van der Waals surface area contributed by atoms with Crippen LogP contribution in [0.25, 0.3) is 21.3 Å². The monoisotopic (exact) mass is 481 g/mol. The molecule has 1 amide bonds. The van der Waals surface area contributed by atoms with Crippen LogP contribution in [0.5, 0.6) is 5.75 Å². The summed E-state index contributed by atoms with van der Waals surface area (Å²) >= 11 is 1.14. The van der Waals surface area contributed by atoms with Gasteiger partial charge in [0.2, 0.25) is 5.95 Å². The van der Waals surface area contributed by atoms with Gasteiger partial charge < -0.3 is 30.2 Å². The molecule has 0 radical (unpaired) electrons. The molecule has 0 aliphatic rings. The Bertz CT molecular complexity index is 1320. The third kappa shape index (κ3) is 5.16. The molecule has 174 valence electrons. The van der Waals surface area contributed by atoms with E-state index in [1.165, 1.54) is 18.2 Å². The molecule has 2 heterocycles. The number of rotatable bonds is 7. The number of amides is 1. The number of ether oxygens (including phenoxy) is 1. The Labute approximate surface area is 188 Å². The van der Waals surface area contributed by atoms with Crippen LogP contribution in [0.3, 0.4) is 0 Å². The molecule has 9 nitrogen and oxygen atoms in total. The van der Waals surface area contributed by atoms with E-state index < -0.39 is 25.0 Å². The number of aromatic nitrogens is 3. The number of aliphatic hydroxyl groups excluding tert-OH is 2. The maximum Gasteiger partial charge on any atom is 0.573 e. The molecule has 4 N–H and O–H groups in total. The fourth-order valence-electron chi connectivity index (χ4n) is 3.08. The summed E-state index contributed by atoms with van der Waals surface area (Å²) < 4.78 is 43.5. The Morgan fingerprint density at radius 1 is 1.21 bits per heavy atom. The van der Waals surface area contributed by atoms with Crippen molar-refractivity contribution < 1.29 is 32.9 Å². The van der Waals surface area contributed by atoms with Crippen LogP contribution in [0.1, 0.15) is 10.4 Å². The number of imidazole rings is 1. The van der Waals surface area contributed by atoms with Crippen molar-refractivity contribution in [1.29, 1.82) is 0 Å². The summed E-state index contributed by atoms with van der Waals surface area (Å²) in [4.78, 5) is 21.1. The zero-order valence-corrected chi connectivity index (χ0v) is 17.9. The highest BCUT2D eigenvalue weighted by molar-refractivity contribution is 7.22. The van der Waals surface area contributed by atoms with Gasteiger partial charge in [-0.1, -0.05) is 11.3 Å². The number of nitrogens with one attached hydrogen (secondary N) is 2. The molecule has 1 unspecified atom stereocenters. The fourth-order valence-corrected chi connectivity index (χ4v) is 3.97. The van der Waals surface area contributed by atoms with E-state index in [2.05, 4.69) is 25.3 Å². The molecule has 0 aliphatic carbocycles. The zero-order valence-electron chi connectivity index (χ0n) is 17.1. The molecule has 0 saturated heterocycles. The van der Waals surface area contributed by atoms with Crippen molar-refractivity contribution in [3.05, 3.63) is 42.0 Å². The number of aryl methyl sites for hydroxylation is 1. The van der Waals surface area contributed by atoms with Gasteiger partial charge in [0.05, 0.1) is 34.0 Å². The van der Waals surface area contributed by atoms with Crippen molar-refractivity contribution in [1.82, 2.24) is 19.9 Å². The van der Waals surface area contributed by atoms with E-state index in [-0.39, 0.29) is 12.3 Å². The van der Waals surface area contributed by atoms with E-state index >= 15 is 0 Å². The summed E-state index contributed by atoms with van der Waals surface area (Å²) in [7, 11) is 1.76. The number of anilines is 2. The predicted octanol–water partition coefficient (Wildman–Crippen LogP) is 2.91. The highest BCUT2D eigenvalue weighted by atomic mass is 32.1. The normalized spacial score (nSPS) is 12.8. The summed E-state index contributed by atoms with van der Waals surface area (Å²) in [6, 6.07) is 8.80. The zero-order chi connectivity index (χ0) is 23.8. The second kappa shape index (κ2) is 8.84. The van der Waals surface area contributed by atoms with Crippen LogP contribution in [0, 0.1) is 0 Å². The van der Waals surface area contributed by atoms with Crippen LogP contribution in [-0.2, 0) is 7.05 Å². The number of halogens is 3. The smallest absolute Gasteiger partial charge is 0.406 e. The van der Waals surface area contributed by atoms with Crippen molar-refractivity contribution >= 4 is 49.6 Å². The minimum absolute atomic E-state index is 0.0876. The van der Waals surface area contributed by atoms with Gasteiger partial charge in [0.25, 0.3) is 5.91 Å². The molecule has 13 heteroatoms. The molecular formula is C20H18F3N5O4S. The molecule has 4 aromatic rings. The lowest BCUT2D eigenvalue weighted by Crippen LogP contribution is -2.33. The Balaban J connectivity index is 1.55. The van der Waals surface area contributed by atoms with Gasteiger partial charge in [-0.2, -0.15) is 0 Å². The first kappa shape index (κ1) is 22.8. The minimum atomic E-state index is -4.78. The van der Waals surface area contributed by atoms with E-state index in [1.807, 2.05) is 0 Å². The second-order valence-electron chi connectivity index (χ2n) is 7.07. The molecule has 4 rings (SSSR count). The number of fused-ring (bicyclic) bond motifs is 2. The van der Waals surface area contributed by atoms with E-state index in [0.717, 1.165) is 16.9 Å². The Kier molecular flexibility index (Phi) is 6.10. The average molecular weight is 481 g/mol. The highest BCUT2D eigenvalue weighted by Gasteiger charge is 2.31. The van der Waals surface area contributed by atoms with Gasteiger partial charge in [-0.05, 0) is 30.3 Å². The van der Waals surface area contributed by atoms with Crippen LogP contribution < -0.4 is 15.4 Å². The molecule has 1 atom stereocenters. The Morgan fingerprint density at radius 3 is 2.73 bits per heavy atom.